The number of benzene rings is 1. The van der Waals surface area contributed by atoms with Gasteiger partial charge in [-0.05, 0) is 17.7 Å². The Labute approximate surface area is 95.5 Å². The third-order valence-corrected chi connectivity index (χ3v) is 1.85. The largest absolute Gasteiger partial charge is 0.411 e. The molecular weight excluding hydrogens is 237 g/mol. The third kappa shape index (κ3) is 4.83. The van der Waals surface area contributed by atoms with Gasteiger partial charge in [-0.15, -0.1) is 0 Å². The van der Waals surface area contributed by atoms with E-state index in [1.54, 1.807) is 6.07 Å². The summed E-state index contributed by atoms with van der Waals surface area (Å²) in [5, 5.41) is 0. The summed E-state index contributed by atoms with van der Waals surface area (Å²) < 4.78 is 39.9. The van der Waals surface area contributed by atoms with Crippen molar-refractivity contribution in [1.29, 1.82) is 0 Å². The minimum atomic E-state index is -4.35. The number of nitrogens with two attached hydrogens (primary N) is 1. The minimum Gasteiger partial charge on any atom is -0.367 e. The maximum atomic E-state index is 11.8. The monoisotopic (exact) mass is 248 g/mol. The molecule has 7 heteroatoms. The van der Waals surface area contributed by atoms with Crippen molar-refractivity contribution >= 4 is 5.91 Å². The van der Waals surface area contributed by atoms with Gasteiger partial charge in [-0.3, -0.25) is 10.2 Å². The summed E-state index contributed by atoms with van der Waals surface area (Å²) in [5.74, 6) is 4.42. The molecule has 0 spiro atoms. The van der Waals surface area contributed by atoms with Crippen LogP contribution in [0.2, 0.25) is 0 Å². The number of carbonyl (C=O) groups excluding carboxylic acids is 1. The van der Waals surface area contributed by atoms with Gasteiger partial charge in [0.15, 0.2) is 0 Å². The van der Waals surface area contributed by atoms with Crippen LogP contribution in [0.25, 0.3) is 0 Å². The Morgan fingerprint density at radius 2 is 2.12 bits per heavy atom. The summed E-state index contributed by atoms with van der Waals surface area (Å²) in [6, 6.07) is 6.01. The van der Waals surface area contributed by atoms with Crippen LogP contribution < -0.4 is 11.3 Å². The summed E-state index contributed by atoms with van der Waals surface area (Å²) in [7, 11) is 0. The zero-order chi connectivity index (χ0) is 12.9. The predicted octanol–water partition coefficient (Wildman–Crippen LogP) is 1.37. The maximum absolute atomic E-state index is 11.8. The Bertz CT molecular complexity index is 393. The molecule has 1 rings (SSSR count). The second-order valence-electron chi connectivity index (χ2n) is 3.28. The van der Waals surface area contributed by atoms with E-state index in [4.69, 9.17) is 5.84 Å². The zero-order valence-electron chi connectivity index (χ0n) is 8.75. The SMILES string of the molecule is NNC(=O)c1cccc(COCC(F)(F)F)c1. The average Bonchev–Trinajstić information content (AvgIpc) is 2.27. The molecule has 4 nitrogen and oxygen atoms in total. The highest BCUT2D eigenvalue weighted by Gasteiger charge is 2.27. The van der Waals surface area contributed by atoms with Crippen molar-refractivity contribution in [2.24, 2.45) is 5.84 Å². The summed E-state index contributed by atoms with van der Waals surface area (Å²) in [6.45, 7) is -1.54. The van der Waals surface area contributed by atoms with Gasteiger partial charge in [-0.1, -0.05) is 12.1 Å². The van der Waals surface area contributed by atoms with Crippen molar-refractivity contribution in [3.8, 4) is 0 Å². The number of nitrogen functional groups attached to an aromatic ring is 1. The van der Waals surface area contributed by atoms with Gasteiger partial charge in [0.2, 0.25) is 0 Å². The maximum Gasteiger partial charge on any atom is 0.411 e. The molecule has 94 valence electrons. The third-order valence-electron chi connectivity index (χ3n) is 1.85. The lowest BCUT2D eigenvalue weighted by molar-refractivity contribution is -0.176. The summed E-state index contributed by atoms with van der Waals surface area (Å²) in [5.41, 5.74) is 2.66. The second-order valence-corrected chi connectivity index (χ2v) is 3.28. The Morgan fingerprint density at radius 3 is 2.71 bits per heavy atom. The highest BCUT2D eigenvalue weighted by atomic mass is 19.4. The molecule has 0 atom stereocenters. The molecule has 0 unspecified atom stereocenters. The molecule has 0 heterocycles. The van der Waals surface area contributed by atoms with Crippen LogP contribution in [0.15, 0.2) is 24.3 Å². The molecule has 0 fully saturated rings. The van der Waals surface area contributed by atoms with E-state index in [1.165, 1.54) is 18.2 Å². The number of rotatable bonds is 4. The molecule has 0 aliphatic rings. The van der Waals surface area contributed by atoms with Crippen molar-refractivity contribution in [3.63, 3.8) is 0 Å². The van der Waals surface area contributed by atoms with Crippen molar-refractivity contribution in [2.45, 2.75) is 12.8 Å². The number of hydrazine groups is 1. The molecule has 3 N–H and O–H groups in total. The number of hydrogen-bond acceptors (Lipinski definition) is 3. The smallest absolute Gasteiger partial charge is 0.367 e. The van der Waals surface area contributed by atoms with Crippen LogP contribution in [0.5, 0.6) is 0 Å². The van der Waals surface area contributed by atoms with E-state index in [1.807, 2.05) is 5.43 Å². The topological polar surface area (TPSA) is 64.3 Å². The lowest BCUT2D eigenvalue weighted by Crippen LogP contribution is -2.30. The number of ether oxygens (including phenoxy) is 1. The van der Waals surface area contributed by atoms with E-state index in [2.05, 4.69) is 4.74 Å². The van der Waals surface area contributed by atoms with E-state index >= 15 is 0 Å². The van der Waals surface area contributed by atoms with Gasteiger partial charge in [0.05, 0.1) is 6.61 Å². The quantitative estimate of drug-likeness (QED) is 0.480. The van der Waals surface area contributed by atoms with Crippen molar-refractivity contribution in [2.75, 3.05) is 6.61 Å². The summed E-state index contributed by atoms with van der Waals surface area (Å²) in [6.07, 6.45) is -4.35. The van der Waals surface area contributed by atoms with E-state index in [0.29, 0.717) is 5.56 Å². The van der Waals surface area contributed by atoms with Gasteiger partial charge in [0, 0.05) is 5.56 Å². The van der Waals surface area contributed by atoms with Crippen LogP contribution in [-0.4, -0.2) is 18.7 Å². The molecule has 0 saturated heterocycles. The van der Waals surface area contributed by atoms with E-state index in [-0.39, 0.29) is 12.2 Å². The fraction of sp³-hybridized carbons (Fsp3) is 0.300. The number of amides is 1. The fourth-order valence-electron chi connectivity index (χ4n) is 1.17. The second kappa shape index (κ2) is 5.65. The van der Waals surface area contributed by atoms with Gasteiger partial charge in [-0.2, -0.15) is 13.2 Å². The van der Waals surface area contributed by atoms with Crippen molar-refractivity contribution in [3.05, 3.63) is 35.4 Å². The first-order valence-corrected chi connectivity index (χ1v) is 4.67. The highest BCUT2D eigenvalue weighted by Crippen LogP contribution is 2.15. The normalized spacial score (nSPS) is 11.3. The summed E-state index contributed by atoms with van der Waals surface area (Å²) in [4.78, 5) is 11.1. The van der Waals surface area contributed by atoms with Gasteiger partial charge >= 0.3 is 6.18 Å². The Morgan fingerprint density at radius 1 is 1.41 bits per heavy atom. The number of hydrogen-bond donors (Lipinski definition) is 2. The van der Waals surface area contributed by atoms with E-state index in [9.17, 15) is 18.0 Å². The molecular formula is C10H11F3N2O2. The Kier molecular flexibility index (Phi) is 4.47. The molecule has 1 aromatic rings. The van der Waals surface area contributed by atoms with Gasteiger partial charge in [-0.25, -0.2) is 5.84 Å². The molecule has 0 aromatic heterocycles. The lowest BCUT2D eigenvalue weighted by atomic mass is 10.1. The number of nitrogens with one attached hydrogen (secondary N) is 1. The van der Waals surface area contributed by atoms with E-state index < -0.39 is 18.7 Å². The zero-order valence-corrected chi connectivity index (χ0v) is 8.75. The van der Waals surface area contributed by atoms with Crippen LogP contribution in [0, 0.1) is 0 Å². The fourth-order valence-corrected chi connectivity index (χ4v) is 1.17. The molecule has 17 heavy (non-hydrogen) atoms. The molecule has 1 amide bonds. The first kappa shape index (κ1) is 13.5. The molecule has 0 bridgehead atoms. The van der Waals surface area contributed by atoms with Crippen LogP contribution in [-0.2, 0) is 11.3 Å². The molecule has 0 aliphatic heterocycles. The standard InChI is InChI=1S/C10H11F3N2O2/c11-10(12,13)6-17-5-7-2-1-3-8(4-7)9(16)15-14/h1-4H,5-6,14H2,(H,15,16). The average molecular weight is 248 g/mol. The van der Waals surface area contributed by atoms with Crippen LogP contribution in [0.1, 0.15) is 15.9 Å². The van der Waals surface area contributed by atoms with Crippen molar-refractivity contribution < 1.29 is 22.7 Å². The van der Waals surface area contributed by atoms with Crippen molar-refractivity contribution in [1.82, 2.24) is 5.43 Å². The molecule has 1 aromatic carbocycles. The lowest BCUT2D eigenvalue weighted by Gasteiger charge is -2.08. The Hall–Kier alpha value is -1.60. The van der Waals surface area contributed by atoms with Crippen LogP contribution >= 0.6 is 0 Å². The van der Waals surface area contributed by atoms with Gasteiger partial charge in [0.25, 0.3) is 5.91 Å². The van der Waals surface area contributed by atoms with E-state index in [0.717, 1.165) is 0 Å². The highest BCUT2D eigenvalue weighted by molar-refractivity contribution is 5.93. The van der Waals surface area contributed by atoms with Crippen LogP contribution in [0.3, 0.4) is 0 Å². The van der Waals surface area contributed by atoms with Gasteiger partial charge in [0.1, 0.15) is 6.61 Å². The van der Waals surface area contributed by atoms with Crippen LogP contribution in [0.4, 0.5) is 13.2 Å². The Balaban J connectivity index is 2.57. The number of halogens is 3. The number of alkyl halides is 3. The van der Waals surface area contributed by atoms with Gasteiger partial charge < -0.3 is 4.74 Å². The molecule has 0 saturated carbocycles. The summed E-state index contributed by atoms with van der Waals surface area (Å²) >= 11 is 0. The first-order valence-electron chi connectivity index (χ1n) is 4.67. The molecule has 0 radical (unpaired) electrons. The molecule has 0 aliphatic carbocycles. The first-order chi connectivity index (χ1) is 7.92. The minimum absolute atomic E-state index is 0.217. The number of carbonyl (C=O) groups is 1. The predicted molar refractivity (Wildman–Crippen MR) is 53.8 cm³/mol.